The molecule has 24 heavy (non-hydrogen) atoms. The van der Waals surface area contributed by atoms with E-state index in [4.69, 9.17) is 4.74 Å². The van der Waals surface area contributed by atoms with E-state index >= 15 is 0 Å². The van der Waals surface area contributed by atoms with Crippen molar-refractivity contribution in [3.8, 4) is 5.75 Å². The second-order valence-electron chi connectivity index (χ2n) is 6.01. The fourth-order valence-electron chi connectivity index (χ4n) is 2.14. The molecule has 6 nitrogen and oxygen atoms in total. The van der Waals surface area contributed by atoms with Crippen molar-refractivity contribution in [2.24, 2.45) is 5.92 Å². The minimum atomic E-state index is -0.185. The van der Waals surface area contributed by atoms with E-state index < -0.39 is 0 Å². The standard InChI is InChI=1S/C18H24N4O2/c1-12(2)8-9-19-17(23)16-10-13(3)20-18(22-16)21-14-6-5-7-15(11-14)24-4/h5-7,10-12H,8-9H2,1-4H3,(H,19,23)(H,20,21,22). The summed E-state index contributed by atoms with van der Waals surface area (Å²) in [6.07, 6.45) is 0.935. The molecule has 128 valence electrons. The van der Waals surface area contributed by atoms with Crippen molar-refractivity contribution < 1.29 is 9.53 Å². The summed E-state index contributed by atoms with van der Waals surface area (Å²) in [6.45, 7) is 6.72. The molecule has 0 aliphatic heterocycles. The van der Waals surface area contributed by atoms with Gasteiger partial charge in [0.2, 0.25) is 5.95 Å². The van der Waals surface area contributed by atoms with E-state index in [0.29, 0.717) is 24.1 Å². The van der Waals surface area contributed by atoms with Gasteiger partial charge < -0.3 is 15.4 Å². The summed E-state index contributed by atoms with van der Waals surface area (Å²) in [5.41, 5.74) is 1.88. The highest BCUT2D eigenvalue weighted by Gasteiger charge is 2.11. The van der Waals surface area contributed by atoms with Crippen molar-refractivity contribution in [1.29, 1.82) is 0 Å². The fourth-order valence-corrected chi connectivity index (χ4v) is 2.14. The van der Waals surface area contributed by atoms with Gasteiger partial charge in [-0.3, -0.25) is 4.79 Å². The van der Waals surface area contributed by atoms with Crippen LogP contribution in [0, 0.1) is 12.8 Å². The molecule has 2 N–H and O–H groups in total. The molecule has 0 spiro atoms. The number of aromatic nitrogens is 2. The van der Waals surface area contributed by atoms with Crippen LogP contribution in [0.25, 0.3) is 0 Å². The van der Waals surface area contributed by atoms with Crippen LogP contribution in [0.15, 0.2) is 30.3 Å². The van der Waals surface area contributed by atoms with E-state index in [-0.39, 0.29) is 5.91 Å². The van der Waals surface area contributed by atoms with Crippen molar-refractivity contribution in [2.45, 2.75) is 27.2 Å². The third-order valence-corrected chi connectivity index (χ3v) is 3.42. The van der Waals surface area contributed by atoms with E-state index in [1.807, 2.05) is 31.2 Å². The Balaban J connectivity index is 2.11. The van der Waals surface area contributed by atoms with Gasteiger partial charge in [0, 0.05) is 24.0 Å². The maximum Gasteiger partial charge on any atom is 0.270 e. The Bertz CT molecular complexity index is 701. The van der Waals surface area contributed by atoms with Gasteiger partial charge in [-0.25, -0.2) is 9.97 Å². The number of ether oxygens (including phenoxy) is 1. The lowest BCUT2D eigenvalue weighted by molar-refractivity contribution is 0.0947. The van der Waals surface area contributed by atoms with Gasteiger partial charge in [0.1, 0.15) is 11.4 Å². The van der Waals surface area contributed by atoms with Gasteiger partial charge in [0.05, 0.1) is 7.11 Å². The maximum absolute atomic E-state index is 12.2. The van der Waals surface area contributed by atoms with E-state index in [1.165, 1.54) is 0 Å². The highest BCUT2D eigenvalue weighted by atomic mass is 16.5. The molecule has 0 aliphatic carbocycles. The number of methoxy groups -OCH3 is 1. The molecule has 2 rings (SSSR count). The highest BCUT2D eigenvalue weighted by Crippen LogP contribution is 2.19. The van der Waals surface area contributed by atoms with Crippen molar-refractivity contribution in [2.75, 3.05) is 19.0 Å². The van der Waals surface area contributed by atoms with Crippen molar-refractivity contribution >= 4 is 17.5 Å². The first-order chi connectivity index (χ1) is 11.5. The topological polar surface area (TPSA) is 76.1 Å². The van der Waals surface area contributed by atoms with Crippen LogP contribution in [0.3, 0.4) is 0 Å². The number of carbonyl (C=O) groups excluding carboxylic acids is 1. The monoisotopic (exact) mass is 328 g/mol. The maximum atomic E-state index is 12.2. The molecule has 0 aliphatic rings. The first-order valence-electron chi connectivity index (χ1n) is 8.03. The number of rotatable bonds is 7. The zero-order valence-electron chi connectivity index (χ0n) is 14.6. The molecule has 2 aromatic rings. The molecule has 1 heterocycles. The van der Waals surface area contributed by atoms with Gasteiger partial charge >= 0.3 is 0 Å². The normalized spacial score (nSPS) is 10.5. The van der Waals surface area contributed by atoms with Gasteiger partial charge in [0.25, 0.3) is 5.91 Å². The lowest BCUT2D eigenvalue weighted by atomic mass is 10.1. The summed E-state index contributed by atoms with van der Waals surface area (Å²) < 4.78 is 5.20. The van der Waals surface area contributed by atoms with Crippen molar-refractivity contribution in [3.05, 3.63) is 41.7 Å². The molecule has 0 bridgehead atoms. The molecule has 0 unspecified atom stereocenters. The number of hydrogen-bond acceptors (Lipinski definition) is 5. The Morgan fingerprint density at radius 3 is 2.75 bits per heavy atom. The predicted molar refractivity (Wildman–Crippen MR) is 94.8 cm³/mol. The van der Waals surface area contributed by atoms with Crippen LogP contribution in [0.1, 0.15) is 36.5 Å². The Hall–Kier alpha value is -2.63. The van der Waals surface area contributed by atoms with E-state index in [0.717, 1.165) is 23.6 Å². The van der Waals surface area contributed by atoms with Crippen LogP contribution < -0.4 is 15.4 Å². The average Bonchev–Trinajstić information content (AvgIpc) is 2.54. The van der Waals surface area contributed by atoms with E-state index in [9.17, 15) is 4.79 Å². The van der Waals surface area contributed by atoms with Crippen LogP contribution in [0.2, 0.25) is 0 Å². The largest absolute Gasteiger partial charge is 0.497 e. The summed E-state index contributed by atoms with van der Waals surface area (Å²) in [7, 11) is 1.61. The molecular weight excluding hydrogens is 304 g/mol. The predicted octanol–water partition coefficient (Wildman–Crippen LogP) is 3.31. The Kier molecular flexibility index (Phi) is 6.12. The second kappa shape index (κ2) is 8.29. The van der Waals surface area contributed by atoms with Crippen molar-refractivity contribution in [3.63, 3.8) is 0 Å². The third-order valence-electron chi connectivity index (χ3n) is 3.42. The van der Waals surface area contributed by atoms with Crippen LogP contribution in [-0.2, 0) is 0 Å². The van der Waals surface area contributed by atoms with Crippen LogP contribution in [0.5, 0.6) is 5.75 Å². The van der Waals surface area contributed by atoms with E-state index in [1.54, 1.807) is 13.2 Å². The molecule has 0 atom stereocenters. The number of hydrogen-bond donors (Lipinski definition) is 2. The van der Waals surface area contributed by atoms with Crippen LogP contribution in [-0.4, -0.2) is 29.5 Å². The number of anilines is 2. The van der Waals surface area contributed by atoms with Crippen LogP contribution >= 0.6 is 0 Å². The molecule has 0 saturated carbocycles. The average molecular weight is 328 g/mol. The Morgan fingerprint density at radius 2 is 2.04 bits per heavy atom. The highest BCUT2D eigenvalue weighted by molar-refractivity contribution is 5.92. The number of nitrogens with zero attached hydrogens (tertiary/aromatic N) is 2. The molecule has 0 saturated heterocycles. The fraction of sp³-hybridized carbons (Fsp3) is 0.389. The summed E-state index contributed by atoms with van der Waals surface area (Å²) in [6, 6.07) is 9.14. The van der Waals surface area contributed by atoms with Gasteiger partial charge in [-0.05, 0) is 37.5 Å². The third kappa shape index (κ3) is 5.22. The first kappa shape index (κ1) is 17.7. The zero-order chi connectivity index (χ0) is 17.5. The number of amides is 1. The number of carbonyl (C=O) groups is 1. The summed E-state index contributed by atoms with van der Waals surface area (Å²) >= 11 is 0. The van der Waals surface area contributed by atoms with Gasteiger partial charge in [-0.1, -0.05) is 19.9 Å². The van der Waals surface area contributed by atoms with Crippen molar-refractivity contribution in [1.82, 2.24) is 15.3 Å². The zero-order valence-corrected chi connectivity index (χ0v) is 14.6. The van der Waals surface area contributed by atoms with Gasteiger partial charge in [0.15, 0.2) is 0 Å². The molecule has 1 aromatic carbocycles. The minimum absolute atomic E-state index is 0.185. The molecule has 1 aromatic heterocycles. The molecular formula is C18H24N4O2. The number of aryl methyl sites for hydroxylation is 1. The lowest BCUT2D eigenvalue weighted by Gasteiger charge is -2.10. The smallest absolute Gasteiger partial charge is 0.270 e. The van der Waals surface area contributed by atoms with Gasteiger partial charge in [-0.2, -0.15) is 0 Å². The Morgan fingerprint density at radius 1 is 1.25 bits per heavy atom. The molecule has 6 heteroatoms. The van der Waals surface area contributed by atoms with Gasteiger partial charge in [-0.15, -0.1) is 0 Å². The SMILES string of the molecule is COc1cccc(Nc2nc(C)cc(C(=O)NCCC(C)C)n2)c1. The summed E-state index contributed by atoms with van der Waals surface area (Å²) in [4.78, 5) is 20.9. The summed E-state index contributed by atoms with van der Waals surface area (Å²) in [5.74, 6) is 1.48. The molecule has 0 fully saturated rings. The van der Waals surface area contributed by atoms with E-state index in [2.05, 4.69) is 34.4 Å². The first-order valence-corrected chi connectivity index (χ1v) is 8.03. The number of benzene rings is 1. The molecule has 0 radical (unpaired) electrons. The quantitative estimate of drug-likeness (QED) is 0.815. The van der Waals surface area contributed by atoms with Crippen LogP contribution in [0.4, 0.5) is 11.6 Å². The minimum Gasteiger partial charge on any atom is -0.497 e. The Labute approximate surface area is 142 Å². The number of nitrogens with one attached hydrogen (secondary N) is 2. The molecule has 1 amide bonds. The lowest BCUT2D eigenvalue weighted by Crippen LogP contribution is -2.26. The summed E-state index contributed by atoms with van der Waals surface area (Å²) in [5, 5.41) is 6.00. The second-order valence-corrected chi connectivity index (χ2v) is 6.01.